The van der Waals surface area contributed by atoms with Crippen LogP contribution in [0.25, 0.3) is 0 Å². The molecule has 0 aliphatic carbocycles. The second kappa shape index (κ2) is 6.76. The van der Waals surface area contributed by atoms with Gasteiger partial charge >= 0.3 is 5.97 Å². The Bertz CT molecular complexity index is 602. The Morgan fingerprint density at radius 2 is 1.90 bits per heavy atom. The molecule has 1 atom stereocenters. The van der Waals surface area contributed by atoms with Gasteiger partial charge in [-0.1, -0.05) is 13.8 Å². The van der Waals surface area contributed by atoms with Gasteiger partial charge in [-0.3, -0.25) is 4.79 Å². The highest BCUT2D eigenvalue weighted by Gasteiger charge is 2.32. The van der Waals surface area contributed by atoms with E-state index < -0.39 is 27.6 Å². The lowest BCUT2D eigenvalue weighted by atomic mass is 10.1. The van der Waals surface area contributed by atoms with Crippen molar-refractivity contribution < 1.29 is 17.9 Å². The van der Waals surface area contributed by atoms with Crippen molar-refractivity contribution in [1.82, 2.24) is 4.72 Å². The summed E-state index contributed by atoms with van der Waals surface area (Å²) in [5.41, 5.74) is -0.665. The zero-order valence-electron chi connectivity index (χ0n) is 12.6. The predicted octanol–water partition coefficient (Wildman–Crippen LogP) is 3.16. The Morgan fingerprint density at radius 3 is 2.29 bits per heavy atom. The Hall–Kier alpha value is -0.440. The molecule has 0 aromatic carbocycles. The number of hydrogen-bond acceptors (Lipinski definition) is 5. The number of nitrogens with one attached hydrogen (secondary N) is 1. The lowest BCUT2D eigenvalue weighted by Crippen LogP contribution is -2.47. The Kier molecular flexibility index (Phi) is 5.99. The van der Waals surface area contributed by atoms with Crippen molar-refractivity contribution >= 4 is 43.3 Å². The van der Waals surface area contributed by atoms with E-state index in [1.165, 1.54) is 6.07 Å². The summed E-state index contributed by atoms with van der Waals surface area (Å²) in [7, 11) is -3.75. The minimum atomic E-state index is -3.75. The van der Waals surface area contributed by atoms with Crippen molar-refractivity contribution in [3.63, 3.8) is 0 Å². The first-order valence-corrected chi connectivity index (χ1v) is 9.52. The van der Waals surface area contributed by atoms with E-state index in [-0.39, 0.29) is 10.1 Å². The molecule has 0 spiro atoms. The first kappa shape index (κ1) is 18.6. The SMILES string of the molecule is CC(C)[C@@H](NS(=O)(=O)c1ccc(Br)s1)C(=O)OC(C)(C)C. The maximum atomic E-state index is 12.3. The molecule has 0 saturated heterocycles. The quantitative estimate of drug-likeness (QED) is 0.774. The molecule has 1 rings (SSSR count). The van der Waals surface area contributed by atoms with E-state index in [1.807, 2.05) is 0 Å². The van der Waals surface area contributed by atoms with E-state index in [9.17, 15) is 13.2 Å². The fourth-order valence-corrected chi connectivity index (χ4v) is 4.85. The van der Waals surface area contributed by atoms with Crippen molar-refractivity contribution in [3.8, 4) is 0 Å². The maximum absolute atomic E-state index is 12.3. The van der Waals surface area contributed by atoms with E-state index in [1.54, 1.807) is 40.7 Å². The van der Waals surface area contributed by atoms with Crippen LogP contribution in [0.5, 0.6) is 0 Å². The highest BCUT2D eigenvalue weighted by molar-refractivity contribution is 9.11. The van der Waals surface area contributed by atoms with Crippen molar-refractivity contribution in [2.45, 2.75) is 50.5 Å². The Labute approximate surface area is 138 Å². The van der Waals surface area contributed by atoms with E-state index in [2.05, 4.69) is 20.7 Å². The van der Waals surface area contributed by atoms with Crippen LogP contribution in [0, 0.1) is 5.92 Å². The number of rotatable bonds is 5. The van der Waals surface area contributed by atoms with Crippen LogP contribution in [0.3, 0.4) is 0 Å². The third-order valence-corrected chi connectivity index (χ3v) is 5.98. The predicted molar refractivity (Wildman–Crippen MR) is 86.8 cm³/mol. The van der Waals surface area contributed by atoms with Gasteiger partial charge < -0.3 is 4.74 Å². The average molecular weight is 398 g/mol. The number of sulfonamides is 1. The van der Waals surface area contributed by atoms with Crippen LogP contribution in [0.2, 0.25) is 0 Å². The van der Waals surface area contributed by atoms with Crippen molar-refractivity contribution in [1.29, 1.82) is 0 Å². The van der Waals surface area contributed by atoms with Crippen LogP contribution in [0.4, 0.5) is 0 Å². The summed E-state index contributed by atoms with van der Waals surface area (Å²) < 4.78 is 33.2. The van der Waals surface area contributed by atoms with Crippen molar-refractivity contribution in [2.75, 3.05) is 0 Å². The number of hydrogen-bond donors (Lipinski definition) is 1. The van der Waals surface area contributed by atoms with Gasteiger partial charge in [0.2, 0.25) is 0 Å². The highest BCUT2D eigenvalue weighted by Crippen LogP contribution is 2.26. The summed E-state index contributed by atoms with van der Waals surface area (Å²) in [6, 6.07) is 2.22. The molecule has 0 unspecified atom stereocenters. The molecule has 1 N–H and O–H groups in total. The Balaban J connectivity index is 2.96. The standard InChI is InChI=1S/C13H20BrNO4S2/c1-8(2)11(12(16)19-13(3,4)5)15-21(17,18)10-7-6-9(14)20-10/h6-8,11,15H,1-5H3/t11-/m1/s1. The molecule has 0 aliphatic heterocycles. The summed E-state index contributed by atoms with van der Waals surface area (Å²) >= 11 is 4.31. The molecule has 0 aliphatic rings. The van der Waals surface area contributed by atoms with Gasteiger partial charge in [-0.25, -0.2) is 8.42 Å². The van der Waals surface area contributed by atoms with Crippen LogP contribution < -0.4 is 4.72 Å². The summed E-state index contributed by atoms with van der Waals surface area (Å²) in [5.74, 6) is -0.797. The molecule has 8 heteroatoms. The summed E-state index contributed by atoms with van der Waals surface area (Å²) in [6.07, 6.45) is 0. The van der Waals surface area contributed by atoms with Gasteiger partial charge in [0.05, 0.1) is 3.79 Å². The van der Waals surface area contributed by atoms with Crippen LogP contribution in [-0.4, -0.2) is 26.0 Å². The largest absolute Gasteiger partial charge is 0.459 e. The van der Waals surface area contributed by atoms with Gasteiger partial charge in [0.25, 0.3) is 10.0 Å². The molecular formula is C13H20BrNO4S2. The van der Waals surface area contributed by atoms with Gasteiger partial charge in [0.1, 0.15) is 15.9 Å². The number of carbonyl (C=O) groups is 1. The minimum Gasteiger partial charge on any atom is -0.459 e. The first-order valence-electron chi connectivity index (χ1n) is 6.43. The molecule has 0 bridgehead atoms. The van der Waals surface area contributed by atoms with Crippen molar-refractivity contribution in [3.05, 3.63) is 15.9 Å². The average Bonchev–Trinajstić information content (AvgIpc) is 2.70. The van der Waals surface area contributed by atoms with E-state index >= 15 is 0 Å². The molecular weight excluding hydrogens is 378 g/mol. The zero-order chi connectivity index (χ0) is 16.4. The van der Waals surface area contributed by atoms with Gasteiger partial charge in [0, 0.05) is 0 Å². The molecule has 5 nitrogen and oxygen atoms in total. The highest BCUT2D eigenvalue weighted by atomic mass is 79.9. The molecule has 1 heterocycles. The number of halogens is 1. The monoisotopic (exact) mass is 397 g/mol. The zero-order valence-corrected chi connectivity index (χ0v) is 15.9. The molecule has 0 fully saturated rings. The summed E-state index contributed by atoms with van der Waals surface area (Å²) in [6.45, 7) is 8.76. The third-order valence-electron chi connectivity index (χ3n) is 2.42. The molecule has 120 valence electrons. The van der Waals surface area contributed by atoms with Crippen molar-refractivity contribution in [2.24, 2.45) is 5.92 Å². The van der Waals surface area contributed by atoms with E-state index in [0.29, 0.717) is 3.79 Å². The summed E-state index contributed by atoms with van der Waals surface area (Å²) in [5, 5.41) is 0. The smallest absolute Gasteiger partial charge is 0.324 e. The second-order valence-electron chi connectivity index (χ2n) is 5.93. The van der Waals surface area contributed by atoms with Gasteiger partial charge in [-0.05, 0) is 54.8 Å². The second-order valence-corrected chi connectivity index (χ2v) is 10.3. The molecule has 0 saturated carbocycles. The topological polar surface area (TPSA) is 72.5 Å². The molecule has 1 aromatic heterocycles. The fourth-order valence-electron chi connectivity index (χ4n) is 1.49. The number of ether oxygens (including phenoxy) is 1. The lowest BCUT2D eigenvalue weighted by Gasteiger charge is -2.26. The normalized spacial score (nSPS) is 14.2. The fraction of sp³-hybridized carbons (Fsp3) is 0.615. The first-order chi connectivity index (χ1) is 9.42. The van der Waals surface area contributed by atoms with Crippen LogP contribution >= 0.6 is 27.3 Å². The lowest BCUT2D eigenvalue weighted by molar-refractivity contribution is -0.158. The maximum Gasteiger partial charge on any atom is 0.324 e. The van der Waals surface area contributed by atoms with Crippen LogP contribution in [-0.2, 0) is 19.6 Å². The van der Waals surface area contributed by atoms with Gasteiger partial charge in [0.15, 0.2) is 0 Å². The number of thiophene rings is 1. The number of esters is 1. The van der Waals surface area contributed by atoms with E-state index in [0.717, 1.165) is 11.3 Å². The van der Waals surface area contributed by atoms with E-state index in [4.69, 9.17) is 4.74 Å². The molecule has 0 radical (unpaired) electrons. The molecule has 21 heavy (non-hydrogen) atoms. The van der Waals surface area contributed by atoms with Crippen LogP contribution in [0.15, 0.2) is 20.1 Å². The minimum absolute atomic E-state index is 0.156. The molecule has 1 aromatic rings. The van der Waals surface area contributed by atoms with Crippen LogP contribution in [0.1, 0.15) is 34.6 Å². The summed E-state index contributed by atoms with van der Waals surface area (Å²) in [4.78, 5) is 12.2. The Morgan fingerprint density at radius 1 is 1.33 bits per heavy atom. The van der Waals surface area contributed by atoms with Gasteiger partial charge in [-0.2, -0.15) is 4.72 Å². The molecule has 0 amide bonds. The third kappa shape index (κ3) is 5.69. The number of carbonyl (C=O) groups excluding carboxylic acids is 1. The van der Waals surface area contributed by atoms with Gasteiger partial charge in [-0.15, -0.1) is 11.3 Å².